The number of carbonyl (C=O) groups is 1. The van der Waals surface area contributed by atoms with Crippen LogP contribution >= 0.6 is 11.6 Å². The van der Waals surface area contributed by atoms with Crippen molar-refractivity contribution in [3.63, 3.8) is 0 Å². The second-order valence-electron chi connectivity index (χ2n) is 4.29. The molecule has 20 heavy (non-hydrogen) atoms. The average molecular weight is 291 g/mol. The van der Waals surface area contributed by atoms with Gasteiger partial charge in [-0.15, -0.1) is 0 Å². The van der Waals surface area contributed by atoms with Crippen molar-refractivity contribution in [3.05, 3.63) is 47.0 Å². The van der Waals surface area contributed by atoms with Gasteiger partial charge >= 0.3 is 0 Å². The van der Waals surface area contributed by atoms with Gasteiger partial charge in [0, 0.05) is 22.1 Å². The molecule has 0 saturated heterocycles. The summed E-state index contributed by atoms with van der Waals surface area (Å²) in [4.78, 5) is 12.2. The Morgan fingerprint density at radius 1 is 1.10 bits per heavy atom. The van der Waals surface area contributed by atoms with Crippen LogP contribution in [-0.2, 0) is 0 Å². The van der Waals surface area contributed by atoms with Gasteiger partial charge in [0.05, 0.1) is 19.6 Å². The van der Waals surface area contributed by atoms with Crippen molar-refractivity contribution < 1.29 is 14.3 Å². The fraction of sp³-hybridized carbons (Fsp3) is 0.188. The molecule has 0 fully saturated rings. The van der Waals surface area contributed by atoms with Gasteiger partial charge in [-0.1, -0.05) is 23.7 Å². The number of benzene rings is 2. The lowest BCUT2D eigenvalue weighted by Crippen LogP contribution is -1.99. The molecule has 0 heterocycles. The zero-order valence-electron chi connectivity index (χ0n) is 11.6. The highest BCUT2D eigenvalue weighted by Crippen LogP contribution is 2.36. The third-order valence-electron chi connectivity index (χ3n) is 3.00. The van der Waals surface area contributed by atoms with Gasteiger partial charge in [-0.05, 0) is 25.1 Å². The molecule has 104 valence electrons. The molecular formula is C16H15ClO3. The summed E-state index contributed by atoms with van der Waals surface area (Å²) in [6.07, 6.45) is 1.41. The first-order valence-electron chi connectivity index (χ1n) is 6.10. The fourth-order valence-corrected chi connectivity index (χ4v) is 2.25. The highest BCUT2D eigenvalue weighted by atomic mass is 35.5. The predicted molar refractivity (Wildman–Crippen MR) is 81.0 cm³/mol. The Morgan fingerprint density at radius 2 is 1.75 bits per heavy atom. The molecule has 2 aromatic carbocycles. The van der Waals surface area contributed by atoms with E-state index in [0.717, 1.165) is 10.8 Å². The van der Waals surface area contributed by atoms with Crippen LogP contribution in [0.3, 0.4) is 0 Å². The zero-order chi connectivity index (χ0) is 14.7. The maximum atomic E-state index is 12.2. The van der Waals surface area contributed by atoms with Gasteiger partial charge in [-0.2, -0.15) is 0 Å². The van der Waals surface area contributed by atoms with Crippen LogP contribution < -0.4 is 9.47 Å². The van der Waals surface area contributed by atoms with Crippen molar-refractivity contribution in [3.8, 4) is 11.5 Å². The van der Waals surface area contributed by atoms with E-state index in [-0.39, 0.29) is 5.78 Å². The van der Waals surface area contributed by atoms with Crippen LogP contribution in [-0.4, -0.2) is 20.0 Å². The van der Waals surface area contributed by atoms with E-state index in [0.29, 0.717) is 22.1 Å². The molecule has 0 saturated carbocycles. The van der Waals surface area contributed by atoms with Gasteiger partial charge in [0.2, 0.25) is 0 Å². The number of rotatable bonds is 4. The number of hydrogen-bond acceptors (Lipinski definition) is 3. The number of hydrogen-bond donors (Lipinski definition) is 0. The Bertz CT molecular complexity index is 675. The Morgan fingerprint density at radius 3 is 2.35 bits per heavy atom. The average Bonchev–Trinajstić information content (AvgIpc) is 2.44. The minimum Gasteiger partial charge on any atom is -0.496 e. The Balaban J connectivity index is 2.76. The van der Waals surface area contributed by atoms with Gasteiger partial charge in [-0.25, -0.2) is 0 Å². The van der Waals surface area contributed by atoms with Crippen LogP contribution in [0.5, 0.6) is 11.5 Å². The molecule has 0 aliphatic rings. The number of ketones is 1. The molecule has 0 spiro atoms. The zero-order valence-corrected chi connectivity index (χ0v) is 12.3. The third kappa shape index (κ3) is 2.63. The molecule has 0 aliphatic heterocycles. The van der Waals surface area contributed by atoms with E-state index in [1.807, 2.05) is 18.2 Å². The molecule has 0 amide bonds. The van der Waals surface area contributed by atoms with Gasteiger partial charge in [0.15, 0.2) is 5.78 Å². The van der Waals surface area contributed by atoms with Crippen molar-refractivity contribution in [2.45, 2.75) is 6.92 Å². The first-order chi connectivity index (χ1) is 9.58. The Kier molecular flexibility index (Phi) is 4.30. The molecule has 0 atom stereocenters. The summed E-state index contributed by atoms with van der Waals surface area (Å²) in [6, 6.07) is 9.04. The minimum absolute atomic E-state index is 0.140. The maximum Gasteiger partial charge on any atom is 0.187 e. The molecule has 3 nitrogen and oxygen atoms in total. The second-order valence-corrected chi connectivity index (χ2v) is 4.89. The van der Waals surface area contributed by atoms with Gasteiger partial charge in [0.25, 0.3) is 0 Å². The maximum absolute atomic E-state index is 12.2. The Hall–Kier alpha value is -2.00. The fourth-order valence-electron chi connectivity index (χ4n) is 2.16. The summed E-state index contributed by atoms with van der Waals surface area (Å²) < 4.78 is 10.7. The standard InChI is InChI=1S/C16H15ClO3/c1-10(17)9-13(18)11-7-8-15(20-3)16-12(11)5-4-6-14(16)19-2/h4-9H,1-3H3/b10-9-. The van der Waals surface area contributed by atoms with Crippen molar-refractivity contribution in [2.75, 3.05) is 14.2 Å². The number of ether oxygens (including phenoxy) is 2. The molecular weight excluding hydrogens is 276 g/mol. The number of fused-ring (bicyclic) bond motifs is 1. The van der Waals surface area contributed by atoms with E-state index < -0.39 is 0 Å². The SMILES string of the molecule is COc1cccc2c(C(=O)/C=C(/C)Cl)ccc(OC)c12. The van der Waals surface area contributed by atoms with Gasteiger partial charge < -0.3 is 9.47 Å². The predicted octanol–water partition coefficient (Wildman–Crippen LogP) is 4.18. The van der Waals surface area contributed by atoms with Crippen LogP contribution in [0, 0.1) is 0 Å². The topological polar surface area (TPSA) is 35.5 Å². The van der Waals surface area contributed by atoms with Crippen LogP contribution in [0.4, 0.5) is 0 Å². The summed E-state index contributed by atoms with van der Waals surface area (Å²) in [5.41, 5.74) is 0.569. The summed E-state index contributed by atoms with van der Waals surface area (Å²) in [5, 5.41) is 2.01. The molecule has 4 heteroatoms. The second kappa shape index (κ2) is 5.97. The van der Waals surface area contributed by atoms with Crippen molar-refractivity contribution in [1.29, 1.82) is 0 Å². The first-order valence-corrected chi connectivity index (χ1v) is 6.48. The van der Waals surface area contributed by atoms with Gasteiger partial charge in [0.1, 0.15) is 11.5 Å². The number of carbonyl (C=O) groups excluding carboxylic acids is 1. The summed E-state index contributed by atoms with van der Waals surface area (Å²) >= 11 is 5.78. The summed E-state index contributed by atoms with van der Waals surface area (Å²) in [7, 11) is 3.18. The molecule has 0 radical (unpaired) electrons. The number of allylic oxidation sites excluding steroid dienone is 2. The van der Waals surface area contributed by atoms with E-state index >= 15 is 0 Å². The largest absolute Gasteiger partial charge is 0.496 e. The molecule has 0 aliphatic carbocycles. The van der Waals surface area contributed by atoms with E-state index in [2.05, 4.69) is 0 Å². The lowest BCUT2D eigenvalue weighted by atomic mass is 9.99. The smallest absolute Gasteiger partial charge is 0.187 e. The highest BCUT2D eigenvalue weighted by Gasteiger charge is 2.14. The summed E-state index contributed by atoms with van der Waals surface area (Å²) in [5.74, 6) is 1.19. The van der Waals surface area contributed by atoms with Crippen LogP contribution in [0.2, 0.25) is 0 Å². The Labute approximate surface area is 122 Å². The van der Waals surface area contributed by atoms with Crippen LogP contribution in [0.15, 0.2) is 41.4 Å². The van der Waals surface area contributed by atoms with Gasteiger partial charge in [-0.3, -0.25) is 4.79 Å². The van der Waals surface area contributed by atoms with E-state index in [1.165, 1.54) is 6.08 Å². The first kappa shape index (κ1) is 14.4. The molecule has 2 rings (SSSR count). The molecule has 0 bridgehead atoms. The van der Waals surface area contributed by atoms with Crippen LogP contribution in [0.1, 0.15) is 17.3 Å². The summed E-state index contributed by atoms with van der Waals surface area (Å²) in [6.45, 7) is 1.67. The molecule has 2 aromatic rings. The normalized spacial score (nSPS) is 11.5. The van der Waals surface area contributed by atoms with E-state index in [1.54, 1.807) is 33.3 Å². The van der Waals surface area contributed by atoms with Crippen LogP contribution in [0.25, 0.3) is 10.8 Å². The van der Waals surface area contributed by atoms with Crippen molar-refractivity contribution >= 4 is 28.2 Å². The van der Waals surface area contributed by atoms with E-state index in [4.69, 9.17) is 21.1 Å². The quantitative estimate of drug-likeness (QED) is 0.626. The molecule has 0 N–H and O–H groups in total. The monoisotopic (exact) mass is 290 g/mol. The third-order valence-corrected chi connectivity index (χ3v) is 3.11. The highest BCUT2D eigenvalue weighted by molar-refractivity contribution is 6.32. The van der Waals surface area contributed by atoms with Crippen molar-refractivity contribution in [1.82, 2.24) is 0 Å². The van der Waals surface area contributed by atoms with Crippen molar-refractivity contribution in [2.24, 2.45) is 0 Å². The molecule has 0 unspecified atom stereocenters. The minimum atomic E-state index is -0.140. The molecule has 0 aromatic heterocycles. The lowest BCUT2D eigenvalue weighted by Gasteiger charge is -2.12. The lowest BCUT2D eigenvalue weighted by molar-refractivity contribution is 0.104. The number of methoxy groups -OCH3 is 2. The van der Waals surface area contributed by atoms with E-state index in [9.17, 15) is 4.79 Å². The number of halogens is 1.